The van der Waals surface area contributed by atoms with E-state index in [-0.39, 0.29) is 0 Å². The lowest BCUT2D eigenvalue weighted by Gasteiger charge is -2.09. The summed E-state index contributed by atoms with van der Waals surface area (Å²) in [7, 11) is 1.65. The summed E-state index contributed by atoms with van der Waals surface area (Å²) in [6, 6.07) is 7.76. The highest BCUT2D eigenvalue weighted by molar-refractivity contribution is 7.99. The first-order valence-corrected chi connectivity index (χ1v) is 6.63. The molecule has 0 atom stereocenters. The van der Waals surface area contributed by atoms with E-state index in [0.29, 0.717) is 10.2 Å². The minimum atomic E-state index is 0.425. The minimum Gasteiger partial charge on any atom is -0.496 e. The van der Waals surface area contributed by atoms with Crippen molar-refractivity contribution in [2.24, 2.45) is 0 Å². The molecule has 0 saturated carbocycles. The second-order valence-electron chi connectivity index (χ2n) is 3.74. The Morgan fingerprint density at radius 3 is 2.50 bits per heavy atom. The maximum absolute atomic E-state index is 6.11. The Morgan fingerprint density at radius 1 is 1.11 bits per heavy atom. The van der Waals surface area contributed by atoms with E-state index in [1.807, 2.05) is 38.1 Å². The standard InChI is InChI=1S/C13H13ClN2OS/c1-8-9(2)16-13(12(14)15-8)18-11-7-5-4-6-10(11)17-3/h4-7H,1-3H3. The molecule has 0 bridgehead atoms. The van der Waals surface area contributed by atoms with Gasteiger partial charge < -0.3 is 4.74 Å². The predicted octanol–water partition coefficient (Wildman–Crippen LogP) is 3.91. The summed E-state index contributed by atoms with van der Waals surface area (Å²) in [4.78, 5) is 9.69. The van der Waals surface area contributed by atoms with Crippen LogP contribution in [0.5, 0.6) is 5.75 Å². The van der Waals surface area contributed by atoms with Gasteiger partial charge in [-0.25, -0.2) is 9.97 Å². The fourth-order valence-corrected chi connectivity index (χ4v) is 2.63. The maximum Gasteiger partial charge on any atom is 0.161 e. The molecule has 18 heavy (non-hydrogen) atoms. The number of methoxy groups -OCH3 is 1. The van der Waals surface area contributed by atoms with Crippen LogP contribution < -0.4 is 4.74 Å². The number of hydrogen-bond acceptors (Lipinski definition) is 4. The normalized spacial score (nSPS) is 10.4. The highest BCUT2D eigenvalue weighted by Gasteiger charge is 2.11. The van der Waals surface area contributed by atoms with E-state index in [2.05, 4.69) is 9.97 Å². The average Bonchev–Trinajstić information content (AvgIpc) is 2.36. The zero-order chi connectivity index (χ0) is 13.1. The van der Waals surface area contributed by atoms with Crippen LogP contribution in [-0.4, -0.2) is 17.1 Å². The van der Waals surface area contributed by atoms with Crippen molar-refractivity contribution in [3.05, 3.63) is 40.8 Å². The third-order valence-corrected chi connectivity index (χ3v) is 3.92. The Bertz CT molecular complexity index is 575. The molecule has 0 aliphatic carbocycles. The number of para-hydroxylation sites is 1. The summed E-state index contributed by atoms with van der Waals surface area (Å²) in [6.07, 6.45) is 0. The van der Waals surface area contributed by atoms with E-state index >= 15 is 0 Å². The van der Waals surface area contributed by atoms with Gasteiger partial charge in [-0.3, -0.25) is 0 Å². The highest BCUT2D eigenvalue weighted by atomic mass is 35.5. The van der Waals surface area contributed by atoms with Crippen molar-refractivity contribution in [3.63, 3.8) is 0 Å². The molecule has 2 aromatic rings. The molecule has 0 aliphatic rings. The second-order valence-corrected chi connectivity index (χ2v) is 5.13. The van der Waals surface area contributed by atoms with Crippen LogP contribution in [0.15, 0.2) is 34.2 Å². The largest absolute Gasteiger partial charge is 0.496 e. The molecule has 1 aromatic carbocycles. The van der Waals surface area contributed by atoms with Crippen LogP contribution in [0.1, 0.15) is 11.4 Å². The molecule has 2 rings (SSSR count). The van der Waals surface area contributed by atoms with Gasteiger partial charge in [0, 0.05) is 0 Å². The van der Waals surface area contributed by atoms with Crippen molar-refractivity contribution in [2.45, 2.75) is 23.8 Å². The van der Waals surface area contributed by atoms with E-state index in [0.717, 1.165) is 22.0 Å². The molecular weight excluding hydrogens is 268 g/mol. The predicted molar refractivity (Wildman–Crippen MR) is 73.6 cm³/mol. The van der Waals surface area contributed by atoms with Crippen molar-refractivity contribution in [1.82, 2.24) is 9.97 Å². The van der Waals surface area contributed by atoms with Crippen molar-refractivity contribution in [3.8, 4) is 5.75 Å². The quantitative estimate of drug-likeness (QED) is 0.854. The molecule has 0 spiro atoms. The molecule has 0 aliphatic heterocycles. The molecule has 0 unspecified atom stereocenters. The first kappa shape index (κ1) is 13.2. The monoisotopic (exact) mass is 280 g/mol. The molecule has 5 heteroatoms. The Kier molecular flexibility index (Phi) is 4.09. The van der Waals surface area contributed by atoms with E-state index < -0.39 is 0 Å². The Labute approximate surface area is 116 Å². The first-order valence-electron chi connectivity index (χ1n) is 5.43. The number of aromatic nitrogens is 2. The van der Waals surface area contributed by atoms with Gasteiger partial charge in [0.25, 0.3) is 0 Å². The lowest BCUT2D eigenvalue weighted by molar-refractivity contribution is 0.405. The minimum absolute atomic E-state index is 0.425. The number of rotatable bonds is 3. The molecular formula is C13H13ClN2OS. The van der Waals surface area contributed by atoms with Crippen LogP contribution in [0.25, 0.3) is 0 Å². The summed E-state index contributed by atoms with van der Waals surface area (Å²) in [5.74, 6) is 0.804. The van der Waals surface area contributed by atoms with Gasteiger partial charge >= 0.3 is 0 Å². The molecule has 94 valence electrons. The van der Waals surface area contributed by atoms with Crippen LogP contribution in [0.3, 0.4) is 0 Å². The molecule has 0 N–H and O–H groups in total. The fraction of sp³-hybridized carbons (Fsp3) is 0.231. The number of ether oxygens (including phenoxy) is 1. The van der Waals surface area contributed by atoms with Crippen LogP contribution in [0, 0.1) is 13.8 Å². The topological polar surface area (TPSA) is 35.0 Å². The first-order chi connectivity index (χ1) is 8.61. The van der Waals surface area contributed by atoms with Crippen molar-refractivity contribution in [2.75, 3.05) is 7.11 Å². The summed E-state index contributed by atoms with van der Waals surface area (Å²) in [5, 5.41) is 1.12. The highest BCUT2D eigenvalue weighted by Crippen LogP contribution is 2.36. The van der Waals surface area contributed by atoms with Gasteiger partial charge in [-0.1, -0.05) is 35.5 Å². The Balaban J connectivity index is 2.37. The number of halogens is 1. The molecule has 1 heterocycles. The maximum atomic E-state index is 6.11. The number of nitrogens with zero attached hydrogens (tertiary/aromatic N) is 2. The zero-order valence-electron chi connectivity index (χ0n) is 10.4. The molecule has 0 radical (unpaired) electrons. The van der Waals surface area contributed by atoms with E-state index in [4.69, 9.17) is 16.3 Å². The smallest absolute Gasteiger partial charge is 0.161 e. The van der Waals surface area contributed by atoms with Crippen LogP contribution in [0.2, 0.25) is 5.15 Å². The van der Waals surface area contributed by atoms with Gasteiger partial charge in [0.05, 0.1) is 23.4 Å². The molecule has 1 aromatic heterocycles. The lowest BCUT2D eigenvalue weighted by Crippen LogP contribution is -1.95. The van der Waals surface area contributed by atoms with Gasteiger partial charge in [-0.05, 0) is 26.0 Å². The van der Waals surface area contributed by atoms with E-state index in [1.165, 1.54) is 11.8 Å². The fourth-order valence-electron chi connectivity index (χ4n) is 1.43. The van der Waals surface area contributed by atoms with E-state index in [1.54, 1.807) is 7.11 Å². The third-order valence-electron chi connectivity index (χ3n) is 2.51. The summed E-state index contributed by atoms with van der Waals surface area (Å²) in [5.41, 5.74) is 1.74. The van der Waals surface area contributed by atoms with Crippen LogP contribution in [-0.2, 0) is 0 Å². The summed E-state index contributed by atoms with van der Waals surface area (Å²) < 4.78 is 5.30. The van der Waals surface area contributed by atoms with Crippen molar-refractivity contribution in [1.29, 1.82) is 0 Å². The van der Waals surface area contributed by atoms with Crippen molar-refractivity contribution < 1.29 is 4.74 Å². The molecule has 0 amide bonds. The lowest BCUT2D eigenvalue weighted by atomic mass is 10.3. The zero-order valence-corrected chi connectivity index (χ0v) is 12.0. The van der Waals surface area contributed by atoms with Gasteiger partial charge in [-0.2, -0.15) is 0 Å². The van der Waals surface area contributed by atoms with E-state index in [9.17, 15) is 0 Å². The van der Waals surface area contributed by atoms with Gasteiger partial charge in [0.1, 0.15) is 10.8 Å². The van der Waals surface area contributed by atoms with Gasteiger partial charge in [0.2, 0.25) is 0 Å². The number of benzene rings is 1. The molecule has 3 nitrogen and oxygen atoms in total. The molecule has 0 fully saturated rings. The second kappa shape index (κ2) is 5.59. The summed E-state index contributed by atoms with van der Waals surface area (Å²) in [6.45, 7) is 3.82. The number of hydrogen-bond donors (Lipinski definition) is 0. The Hall–Kier alpha value is -1.26. The van der Waals surface area contributed by atoms with Crippen LogP contribution >= 0.6 is 23.4 Å². The average molecular weight is 281 g/mol. The summed E-state index contributed by atoms with van der Waals surface area (Å²) >= 11 is 7.57. The number of aryl methyl sites for hydroxylation is 2. The Morgan fingerprint density at radius 2 is 1.78 bits per heavy atom. The van der Waals surface area contributed by atoms with Gasteiger partial charge in [-0.15, -0.1) is 0 Å². The van der Waals surface area contributed by atoms with Crippen LogP contribution in [0.4, 0.5) is 0 Å². The molecule has 0 saturated heterocycles. The van der Waals surface area contributed by atoms with Gasteiger partial charge in [0.15, 0.2) is 5.15 Å². The van der Waals surface area contributed by atoms with Crippen molar-refractivity contribution >= 4 is 23.4 Å². The third kappa shape index (κ3) is 2.76. The SMILES string of the molecule is COc1ccccc1Sc1nc(C)c(C)nc1Cl.